The normalized spacial score (nSPS) is 12.7. The molecule has 4 rings (SSSR count). The van der Waals surface area contributed by atoms with Gasteiger partial charge in [0.2, 0.25) is 0 Å². The van der Waals surface area contributed by atoms with E-state index in [1.807, 2.05) is 28.9 Å². The van der Waals surface area contributed by atoms with Crippen LogP contribution in [0.1, 0.15) is 16.8 Å². The quantitative estimate of drug-likeness (QED) is 0.673. The molecule has 1 aliphatic heterocycles. The summed E-state index contributed by atoms with van der Waals surface area (Å²) >= 11 is 12.6. The van der Waals surface area contributed by atoms with Gasteiger partial charge in [0.1, 0.15) is 11.6 Å². The molecule has 0 spiro atoms. The van der Waals surface area contributed by atoms with Crippen LogP contribution in [-0.4, -0.2) is 23.4 Å². The predicted molar refractivity (Wildman–Crippen MR) is 106 cm³/mol. The Kier molecular flexibility index (Phi) is 4.79. The van der Waals surface area contributed by atoms with Gasteiger partial charge in [-0.15, -0.1) is 0 Å². The molecule has 0 radical (unpaired) electrons. The van der Waals surface area contributed by atoms with Crippen molar-refractivity contribution in [2.24, 2.45) is 0 Å². The van der Waals surface area contributed by atoms with Crippen LogP contribution in [0.15, 0.2) is 42.5 Å². The Labute approximate surface area is 162 Å². The maximum atomic E-state index is 6.41. The Morgan fingerprint density at radius 1 is 1.12 bits per heavy atom. The number of halogens is 2. The zero-order valence-corrected chi connectivity index (χ0v) is 15.9. The number of benzene rings is 2. The average Bonchev–Trinajstić information content (AvgIpc) is 3.26. The van der Waals surface area contributed by atoms with Crippen molar-refractivity contribution in [3.05, 3.63) is 69.3 Å². The molecule has 0 bridgehead atoms. The van der Waals surface area contributed by atoms with Gasteiger partial charge in [0.25, 0.3) is 0 Å². The fourth-order valence-electron chi connectivity index (χ4n) is 3.33. The van der Waals surface area contributed by atoms with Crippen molar-refractivity contribution in [3.8, 4) is 11.4 Å². The van der Waals surface area contributed by atoms with Gasteiger partial charge in [-0.2, -0.15) is 5.10 Å². The first kappa shape index (κ1) is 17.3. The topological polar surface area (TPSA) is 39.1 Å². The first-order valence-corrected chi connectivity index (χ1v) is 9.35. The maximum Gasteiger partial charge on any atom is 0.133 e. The molecule has 2 aromatic carbocycles. The van der Waals surface area contributed by atoms with E-state index in [4.69, 9.17) is 33.0 Å². The lowest BCUT2D eigenvalue weighted by Crippen LogP contribution is -2.06. The Balaban J connectivity index is 1.62. The van der Waals surface area contributed by atoms with Crippen molar-refractivity contribution < 1.29 is 4.74 Å². The number of rotatable bonds is 5. The molecule has 2 heterocycles. The van der Waals surface area contributed by atoms with E-state index < -0.39 is 0 Å². The summed E-state index contributed by atoms with van der Waals surface area (Å²) in [6.45, 7) is 0.918. The van der Waals surface area contributed by atoms with Crippen LogP contribution in [0.2, 0.25) is 10.0 Å². The minimum Gasteiger partial charge on any atom is -0.497 e. The van der Waals surface area contributed by atoms with Gasteiger partial charge in [0, 0.05) is 12.1 Å². The summed E-state index contributed by atoms with van der Waals surface area (Å²) in [7, 11) is 1.68. The van der Waals surface area contributed by atoms with Gasteiger partial charge in [-0.1, -0.05) is 41.4 Å². The third-order valence-corrected chi connectivity index (χ3v) is 5.51. The van der Waals surface area contributed by atoms with E-state index >= 15 is 0 Å². The number of fused-ring (bicyclic) bond motifs is 1. The Morgan fingerprint density at radius 2 is 1.92 bits per heavy atom. The molecular formula is C20H19Cl2N3O. The van der Waals surface area contributed by atoms with Crippen molar-refractivity contribution in [1.29, 1.82) is 0 Å². The summed E-state index contributed by atoms with van der Waals surface area (Å²) in [6.07, 6.45) is 2.78. The SMILES string of the molecule is COc1ccc(CCc2nn(-c3cccc(Cl)c3Cl)c3c2CCN3)cc1. The van der Waals surface area contributed by atoms with E-state index in [9.17, 15) is 0 Å². The molecule has 134 valence electrons. The summed E-state index contributed by atoms with van der Waals surface area (Å²) in [6, 6.07) is 13.8. The predicted octanol–water partition coefficient (Wildman–Crippen LogP) is 4.94. The molecule has 0 saturated heterocycles. The highest BCUT2D eigenvalue weighted by atomic mass is 35.5. The van der Waals surface area contributed by atoms with Crippen LogP contribution < -0.4 is 10.1 Å². The van der Waals surface area contributed by atoms with E-state index in [1.165, 1.54) is 11.1 Å². The number of ether oxygens (including phenoxy) is 1. The highest BCUT2D eigenvalue weighted by Crippen LogP contribution is 2.34. The van der Waals surface area contributed by atoms with E-state index in [0.29, 0.717) is 10.0 Å². The Hall–Kier alpha value is -2.17. The van der Waals surface area contributed by atoms with Crippen LogP contribution in [0, 0.1) is 0 Å². The van der Waals surface area contributed by atoms with Crippen LogP contribution in [0.5, 0.6) is 5.75 Å². The van der Waals surface area contributed by atoms with E-state index in [0.717, 1.165) is 48.8 Å². The van der Waals surface area contributed by atoms with Crippen LogP contribution in [0.4, 0.5) is 5.82 Å². The number of methoxy groups -OCH3 is 1. The number of nitrogens with zero attached hydrogens (tertiary/aromatic N) is 2. The van der Waals surface area contributed by atoms with Crippen molar-refractivity contribution in [3.63, 3.8) is 0 Å². The number of anilines is 1. The summed E-state index contributed by atoms with van der Waals surface area (Å²) in [5, 5.41) is 9.33. The number of aryl methyl sites for hydroxylation is 2. The highest BCUT2D eigenvalue weighted by molar-refractivity contribution is 6.43. The molecule has 1 aromatic heterocycles. The molecule has 0 fully saturated rings. The minimum absolute atomic E-state index is 0.523. The lowest BCUT2D eigenvalue weighted by Gasteiger charge is -2.09. The van der Waals surface area contributed by atoms with Crippen molar-refractivity contribution in [2.45, 2.75) is 19.3 Å². The second-order valence-electron chi connectivity index (χ2n) is 6.28. The summed E-state index contributed by atoms with van der Waals surface area (Å²) in [5.41, 5.74) is 4.45. The molecule has 1 aliphatic rings. The molecule has 0 atom stereocenters. The second-order valence-corrected chi connectivity index (χ2v) is 7.07. The molecule has 26 heavy (non-hydrogen) atoms. The fraction of sp³-hybridized carbons (Fsp3) is 0.250. The van der Waals surface area contributed by atoms with Gasteiger partial charge in [0.15, 0.2) is 0 Å². The largest absolute Gasteiger partial charge is 0.497 e. The van der Waals surface area contributed by atoms with E-state index in [1.54, 1.807) is 13.2 Å². The number of nitrogens with one attached hydrogen (secondary N) is 1. The van der Waals surface area contributed by atoms with Crippen LogP contribution in [0.25, 0.3) is 5.69 Å². The number of aromatic nitrogens is 2. The summed E-state index contributed by atoms with van der Waals surface area (Å²) < 4.78 is 7.11. The zero-order chi connectivity index (χ0) is 18.1. The molecule has 0 saturated carbocycles. The van der Waals surface area contributed by atoms with Gasteiger partial charge in [-0.25, -0.2) is 4.68 Å². The summed E-state index contributed by atoms with van der Waals surface area (Å²) in [4.78, 5) is 0. The van der Waals surface area contributed by atoms with Gasteiger partial charge in [-0.3, -0.25) is 0 Å². The smallest absolute Gasteiger partial charge is 0.133 e. The summed E-state index contributed by atoms with van der Waals surface area (Å²) in [5.74, 6) is 1.90. The number of hydrogen-bond donors (Lipinski definition) is 1. The van der Waals surface area contributed by atoms with Gasteiger partial charge < -0.3 is 10.1 Å². The number of hydrogen-bond acceptors (Lipinski definition) is 3. The third kappa shape index (κ3) is 3.15. The fourth-order valence-corrected chi connectivity index (χ4v) is 3.71. The molecular weight excluding hydrogens is 369 g/mol. The molecule has 0 amide bonds. The molecule has 1 N–H and O–H groups in total. The second kappa shape index (κ2) is 7.22. The standard InChI is InChI=1S/C20H19Cl2N3O/c1-26-14-8-5-13(6-9-14)7-10-17-15-11-12-23-20(15)25(24-17)18-4-2-3-16(21)19(18)22/h2-6,8-9,23H,7,10-12H2,1H3. The average molecular weight is 388 g/mol. The minimum atomic E-state index is 0.523. The maximum absolute atomic E-state index is 6.41. The van der Waals surface area contributed by atoms with Crippen LogP contribution >= 0.6 is 23.2 Å². The lowest BCUT2D eigenvalue weighted by molar-refractivity contribution is 0.414. The first-order chi connectivity index (χ1) is 12.7. The zero-order valence-electron chi connectivity index (χ0n) is 14.4. The molecule has 6 heteroatoms. The molecule has 4 nitrogen and oxygen atoms in total. The van der Waals surface area contributed by atoms with Crippen molar-refractivity contribution in [2.75, 3.05) is 19.0 Å². The Morgan fingerprint density at radius 3 is 2.69 bits per heavy atom. The van der Waals surface area contributed by atoms with Gasteiger partial charge >= 0.3 is 0 Å². The third-order valence-electron chi connectivity index (χ3n) is 4.70. The monoisotopic (exact) mass is 387 g/mol. The van der Waals surface area contributed by atoms with Gasteiger partial charge in [-0.05, 0) is 49.1 Å². The van der Waals surface area contributed by atoms with Crippen LogP contribution in [0.3, 0.4) is 0 Å². The highest BCUT2D eigenvalue weighted by Gasteiger charge is 2.24. The Bertz CT molecular complexity index is 935. The first-order valence-electron chi connectivity index (χ1n) is 8.59. The van der Waals surface area contributed by atoms with Gasteiger partial charge in [0.05, 0.1) is 28.5 Å². The van der Waals surface area contributed by atoms with Crippen LogP contribution in [-0.2, 0) is 19.3 Å². The molecule has 3 aromatic rings. The van der Waals surface area contributed by atoms with E-state index in [-0.39, 0.29) is 0 Å². The van der Waals surface area contributed by atoms with E-state index in [2.05, 4.69) is 17.4 Å². The lowest BCUT2D eigenvalue weighted by atomic mass is 10.1. The molecule has 0 unspecified atom stereocenters. The van der Waals surface area contributed by atoms with Crippen molar-refractivity contribution >= 4 is 29.0 Å². The van der Waals surface area contributed by atoms with Crippen molar-refractivity contribution in [1.82, 2.24) is 9.78 Å². The molecule has 0 aliphatic carbocycles.